The maximum absolute atomic E-state index is 13.2. The van der Waals surface area contributed by atoms with E-state index in [0.717, 1.165) is 6.92 Å². The molecular weight excluding hydrogens is 369 g/mol. The Balaban J connectivity index is 5.61. The first-order valence-corrected chi connectivity index (χ1v) is 6.63. The third kappa shape index (κ3) is 5.58. The summed E-state index contributed by atoms with van der Waals surface area (Å²) in [6, 6.07) is 0. The zero-order chi connectivity index (χ0) is 20.1. The van der Waals surface area contributed by atoms with E-state index in [9.17, 15) is 40.3 Å². The molecule has 0 saturated carbocycles. The van der Waals surface area contributed by atoms with Gasteiger partial charge in [-0.25, -0.2) is 18.4 Å². The lowest BCUT2D eigenvalue weighted by Crippen LogP contribution is -2.58. The summed E-state index contributed by atoms with van der Waals surface area (Å²) < 4.78 is 103. The van der Waals surface area contributed by atoms with Gasteiger partial charge in [-0.2, -0.15) is 22.0 Å². The molecule has 0 aliphatic rings. The molecule has 0 bridgehead atoms. The molecule has 0 aromatic rings. The van der Waals surface area contributed by atoms with Gasteiger partial charge in [-0.1, -0.05) is 6.58 Å². The highest BCUT2D eigenvalue weighted by atomic mass is 19.4. The van der Waals surface area contributed by atoms with Crippen molar-refractivity contribution in [3.8, 4) is 0 Å². The topological polar surface area (TPSA) is 61.8 Å². The predicted octanol–water partition coefficient (Wildman–Crippen LogP) is 3.23. The quantitative estimate of drug-likeness (QED) is 0.264. The van der Waals surface area contributed by atoms with Crippen LogP contribution in [0, 0.1) is 0 Å². The Bertz CT molecular complexity index is 498. The molecule has 0 fully saturated rings. The number of alkyl halides is 7. The number of ether oxygens (including phenoxy) is 3. The molecule has 25 heavy (non-hydrogen) atoms. The molecule has 0 rings (SSSR count). The van der Waals surface area contributed by atoms with Crippen LogP contribution in [0.25, 0.3) is 0 Å². The first-order valence-electron chi connectivity index (χ1n) is 6.63. The van der Waals surface area contributed by atoms with Gasteiger partial charge in [0.05, 0.1) is 13.2 Å². The van der Waals surface area contributed by atoms with Crippen LogP contribution in [0.5, 0.6) is 0 Å². The van der Waals surface area contributed by atoms with Gasteiger partial charge in [0, 0.05) is 19.4 Å². The number of halogens is 7. The average Bonchev–Trinajstić information content (AvgIpc) is 2.43. The van der Waals surface area contributed by atoms with E-state index in [1.165, 1.54) is 0 Å². The molecule has 0 spiro atoms. The lowest BCUT2D eigenvalue weighted by molar-refractivity contribution is -0.357. The molecule has 0 N–H and O–H groups in total. The molecule has 0 radical (unpaired) electrons. The fraction of sp³-hybridized carbons (Fsp3) is 0.692. The van der Waals surface area contributed by atoms with E-state index < -0.39 is 55.4 Å². The molecule has 0 saturated heterocycles. The minimum absolute atomic E-state index is 0.146. The molecule has 1 unspecified atom stereocenters. The second-order valence-electron chi connectivity index (χ2n) is 4.65. The summed E-state index contributed by atoms with van der Waals surface area (Å²) in [6.07, 6.45) is -7.39. The van der Waals surface area contributed by atoms with Crippen molar-refractivity contribution in [3.63, 3.8) is 0 Å². The second-order valence-corrected chi connectivity index (χ2v) is 4.65. The van der Waals surface area contributed by atoms with Crippen LogP contribution in [0.4, 0.5) is 30.7 Å². The Kier molecular flexibility index (Phi) is 7.43. The van der Waals surface area contributed by atoms with E-state index in [4.69, 9.17) is 0 Å². The molecule has 5 nitrogen and oxygen atoms in total. The number of esters is 2. The van der Waals surface area contributed by atoms with Crippen molar-refractivity contribution in [2.75, 3.05) is 13.2 Å². The second kappa shape index (κ2) is 8.02. The lowest BCUT2D eigenvalue weighted by atomic mass is 10.1. The highest BCUT2D eigenvalue weighted by molar-refractivity contribution is 5.87. The molecule has 0 aliphatic heterocycles. The molecule has 0 aromatic heterocycles. The van der Waals surface area contributed by atoms with Gasteiger partial charge in [0.1, 0.15) is 0 Å². The third-order valence-electron chi connectivity index (χ3n) is 2.69. The summed E-state index contributed by atoms with van der Waals surface area (Å²) >= 11 is 0. The van der Waals surface area contributed by atoms with Crippen molar-refractivity contribution in [3.05, 3.63) is 12.7 Å². The smallest absolute Gasteiger partial charge is 0.461 e. The van der Waals surface area contributed by atoms with Crippen LogP contribution >= 0.6 is 0 Å². The lowest BCUT2D eigenvalue weighted by Gasteiger charge is -2.32. The van der Waals surface area contributed by atoms with E-state index in [2.05, 4.69) is 20.8 Å². The number of hydrogen-bond donors (Lipinski definition) is 0. The summed E-state index contributed by atoms with van der Waals surface area (Å²) in [6.45, 7) is 1.48. The Morgan fingerprint density at radius 1 is 1.08 bits per heavy atom. The predicted molar refractivity (Wildman–Crippen MR) is 67.8 cm³/mol. The molecule has 0 heterocycles. The minimum Gasteiger partial charge on any atom is -0.461 e. The Labute approximate surface area is 137 Å². The van der Waals surface area contributed by atoms with Crippen LogP contribution in [-0.2, 0) is 23.8 Å². The Hall–Kier alpha value is -1.85. The van der Waals surface area contributed by atoms with Gasteiger partial charge in [-0.15, -0.1) is 0 Å². The SMILES string of the molecule is C=CC(=O)OC(OCCC(F)(F)C(C)(F)F)(C(=O)OCC)C(F)(F)F. The largest absolute Gasteiger partial charge is 0.468 e. The highest BCUT2D eigenvalue weighted by Crippen LogP contribution is 2.39. The van der Waals surface area contributed by atoms with Crippen LogP contribution in [-0.4, -0.2) is 49.0 Å². The molecule has 0 aliphatic carbocycles. The minimum atomic E-state index is -5.75. The fourth-order valence-corrected chi connectivity index (χ4v) is 1.34. The van der Waals surface area contributed by atoms with Crippen molar-refractivity contribution < 1.29 is 54.5 Å². The zero-order valence-corrected chi connectivity index (χ0v) is 13.1. The molecular formula is C13H15F7O5. The maximum Gasteiger partial charge on any atom is 0.468 e. The van der Waals surface area contributed by atoms with Crippen molar-refractivity contribution in [2.45, 2.75) is 44.1 Å². The maximum atomic E-state index is 13.2. The summed E-state index contributed by atoms with van der Waals surface area (Å²) in [5.41, 5.74) is 0. The fourth-order valence-electron chi connectivity index (χ4n) is 1.34. The van der Waals surface area contributed by atoms with E-state index in [-0.39, 0.29) is 13.0 Å². The van der Waals surface area contributed by atoms with Gasteiger partial charge in [0.2, 0.25) is 0 Å². The van der Waals surface area contributed by atoms with Gasteiger partial charge in [0.15, 0.2) is 0 Å². The first-order chi connectivity index (χ1) is 11.1. The van der Waals surface area contributed by atoms with Gasteiger partial charge in [0.25, 0.3) is 0 Å². The van der Waals surface area contributed by atoms with Crippen LogP contribution in [0.3, 0.4) is 0 Å². The summed E-state index contributed by atoms with van der Waals surface area (Å²) in [7, 11) is 0. The zero-order valence-electron chi connectivity index (χ0n) is 13.1. The standard InChI is InChI=1S/C13H15F7O5/c1-4-8(21)25-12(13(18,19)20,9(22)23-5-2)24-7-6-11(16,17)10(3,14)15/h4H,1,5-7H2,2-3H3. The summed E-state index contributed by atoms with van der Waals surface area (Å²) in [5.74, 6) is -17.7. The third-order valence-corrected chi connectivity index (χ3v) is 2.69. The van der Waals surface area contributed by atoms with Crippen LogP contribution in [0.2, 0.25) is 0 Å². The normalized spacial score (nSPS) is 15.2. The average molecular weight is 384 g/mol. The molecule has 146 valence electrons. The Morgan fingerprint density at radius 3 is 1.96 bits per heavy atom. The molecule has 0 aromatic carbocycles. The van der Waals surface area contributed by atoms with Crippen LogP contribution in [0.15, 0.2) is 12.7 Å². The van der Waals surface area contributed by atoms with Crippen molar-refractivity contribution in [1.29, 1.82) is 0 Å². The van der Waals surface area contributed by atoms with Crippen molar-refractivity contribution in [2.24, 2.45) is 0 Å². The number of carbonyl (C=O) groups excluding carboxylic acids is 2. The monoisotopic (exact) mass is 384 g/mol. The van der Waals surface area contributed by atoms with Crippen molar-refractivity contribution in [1.82, 2.24) is 0 Å². The van der Waals surface area contributed by atoms with Crippen molar-refractivity contribution >= 4 is 11.9 Å². The molecule has 0 amide bonds. The number of rotatable bonds is 9. The van der Waals surface area contributed by atoms with E-state index in [1.54, 1.807) is 0 Å². The van der Waals surface area contributed by atoms with Crippen LogP contribution < -0.4 is 0 Å². The summed E-state index contributed by atoms with van der Waals surface area (Å²) in [5, 5.41) is 0. The van der Waals surface area contributed by atoms with Gasteiger partial charge in [-0.05, 0) is 6.92 Å². The van der Waals surface area contributed by atoms with Crippen LogP contribution in [0.1, 0.15) is 20.3 Å². The molecule has 12 heteroatoms. The van der Waals surface area contributed by atoms with E-state index in [1.807, 2.05) is 0 Å². The first kappa shape index (κ1) is 23.1. The summed E-state index contributed by atoms with van der Waals surface area (Å²) in [4.78, 5) is 22.7. The number of hydrogen-bond acceptors (Lipinski definition) is 5. The number of carbonyl (C=O) groups is 2. The van der Waals surface area contributed by atoms with E-state index in [0.29, 0.717) is 0 Å². The van der Waals surface area contributed by atoms with E-state index >= 15 is 0 Å². The van der Waals surface area contributed by atoms with Gasteiger partial charge < -0.3 is 14.2 Å². The highest BCUT2D eigenvalue weighted by Gasteiger charge is 2.68. The van der Waals surface area contributed by atoms with Gasteiger partial charge >= 0.3 is 35.7 Å². The van der Waals surface area contributed by atoms with Gasteiger partial charge in [-0.3, -0.25) is 0 Å². The molecule has 1 atom stereocenters. The Morgan fingerprint density at radius 2 is 1.60 bits per heavy atom.